The third-order valence-corrected chi connectivity index (χ3v) is 5.92. The Labute approximate surface area is 163 Å². The molecule has 0 saturated heterocycles. The van der Waals surface area contributed by atoms with Crippen molar-refractivity contribution in [3.63, 3.8) is 0 Å². The molecule has 0 N–H and O–H groups in total. The topological polar surface area (TPSA) is 68.9 Å². The lowest BCUT2D eigenvalue weighted by molar-refractivity contribution is 0.796. The first kappa shape index (κ1) is 16.3. The third-order valence-electron chi connectivity index (χ3n) is 4.04. The second-order valence-corrected chi connectivity index (χ2v) is 7.75. The molecule has 0 saturated carbocycles. The number of thiazole rings is 1. The van der Waals surface area contributed by atoms with Crippen LogP contribution < -0.4 is 0 Å². The summed E-state index contributed by atoms with van der Waals surface area (Å²) in [5.74, 6) is 1.45. The summed E-state index contributed by atoms with van der Waals surface area (Å²) in [6.45, 7) is 1.90. The van der Waals surface area contributed by atoms with Crippen LogP contribution in [0.4, 0.5) is 0 Å². The maximum Gasteiger partial charge on any atom is 0.191 e. The second kappa shape index (κ2) is 6.71. The van der Waals surface area contributed by atoms with Crippen LogP contribution in [-0.2, 0) is 5.75 Å². The number of hydrogen-bond donors (Lipinski definition) is 0. The normalized spacial score (nSPS) is 11.4. The molecule has 0 bridgehead atoms. The minimum absolute atomic E-state index is 0.711. The van der Waals surface area contributed by atoms with E-state index >= 15 is 0 Å². The molecule has 0 radical (unpaired) electrons. The summed E-state index contributed by atoms with van der Waals surface area (Å²) >= 11 is 3.22. The van der Waals surface area contributed by atoms with Crippen LogP contribution in [0, 0.1) is 6.92 Å². The van der Waals surface area contributed by atoms with Gasteiger partial charge in [-0.05, 0) is 31.2 Å². The smallest absolute Gasteiger partial charge is 0.191 e. The van der Waals surface area contributed by atoms with E-state index in [0.717, 1.165) is 43.9 Å². The van der Waals surface area contributed by atoms with E-state index < -0.39 is 0 Å². The number of aromatic nitrogens is 6. The summed E-state index contributed by atoms with van der Waals surface area (Å²) in [6.07, 6.45) is 1.79. The number of nitrogens with zero attached hydrogens (tertiary/aromatic N) is 6. The van der Waals surface area contributed by atoms with Gasteiger partial charge in [-0.2, -0.15) is 4.52 Å². The van der Waals surface area contributed by atoms with Crippen LogP contribution in [0.5, 0.6) is 0 Å². The van der Waals surface area contributed by atoms with Crippen molar-refractivity contribution < 1.29 is 0 Å². The van der Waals surface area contributed by atoms with Gasteiger partial charge in [0.15, 0.2) is 10.8 Å². The number of thioether (sulfide) groups is 1. The molecule has 27 heavy (non-hydrogen) atoms. The van der Waals surface area contributed by atoms with Crippen LogP contribution in [0.2, 0.25) is 0 Å². The van der Waals surface area contributed by atoms with E-state index in [9.17, 15) is 0 Å². The lowest BCUT2D eigenvalue weighted by Gasteiger charge is -2.05. The highest BCUT2D eigenvalue weighted by Crippen LogP contribution is 2.28. The molecule has 4 aromatic heterocycles. The summed E-state index contributed by atoms with van der Waals surface area (Å²) in [5, 5.41) is 9.35. The summed E-state index contributed by atoms with van der Waals surface area (Å²) in [5.41, 5.74) is 3.67. The molecule has 8 heteroatoms. The zero-order valence-electron chi connectivity index (χ0n) is 14.4. The number of pyridine rings is 1. The minimum Gasteiger partial charge on any atom is -0.254 e. The maximum atomic E-state index is 4.78. The Hall–Kier alpha value is -2.84. The summed E-state index contributed by atoms with van der Waals surface area (Å²) in [6, 6.07) is 13.9. The number of aryl methyl sites for hydroxylation is 1. The Bertz CT molecular complexity index is 1250. The molecule has 5 rings (SSSR count). The lowest BCUT2D eigenvalue weighted by Crippen LogP contribution is -1.98. The number of hydrogen-bond acceptors (Lipinski definition) is 7. The highest BCUT2D eigenvalue weighted by Gasteiger charge is 2.13. The SMILES string of the molecule is Cc1nc2c3ccccc3nc(SCc3csc(-c4ccccn4)n3)n2n1. The van der Waals surface area contributed by atoms with Crippen molar-refractivity contribution in [3.05, 3.63) is 65.6 Å². The van der Waals surface area contributed by atoms with Crippen LogP contribution in [0.15, 0.2) is 59.2 Å². The molecule has 132 valence electrons. The Morgan fingerprint density at radius 2 is 1.93 bits per heavy atom. The van der Waals surface area contributed by atoms with Crippen molar-refractivity contribution >= 4 is 39.6 Å². The van der Waals surface area contributed by atoms with Crippen LogP contribution >= 0.6 is 23.1 Å². The Morgan fingerprint density at radius 1 is 1.04 bits per heavy atom. The van der Waals surface area contributed by atoms with Crippen LogP contribution in [-0.4, -0.2) is 29.5 Å². The Kier molecular flexibility index (Phi) is 4.06. The zero-order valence-corrected chi connectivity index (χ0v) is 16.0. The second-order valence-electron chi connectivity index (χ2n) is 5.95. The fraction of sp³-hybridized carbons (Fsp3) is 0.105. The van der Waals surface area contributed by atoms with Crippen LogP contribution in [0.1, 0.15) is 11.5 Å². The van der Waals surface area contributed by atoms with Gasteiger partial charge in [-0.15, -0.1) is 16.4 Å². The van der Waals surface area contributed by atoms with Crippen LogP contribution in [0.3, 0.4) is 0 Å². The predicted octanol–water partition coefficient (Wildman–Crippen LogP) is 4.40. The fourth-order valence-corrected chi connectivity index (χ4v) is 4.58. The van der Waals surface area contributed by atoms with Crippen molar-refractivity contribution in [3.8, 4) is 10.7 Å². The number of fused-ring (bicyclic) bond motifs is 3. The summed E-state index contributed by atoms with van der Waals surface area (Å²) in [4.78, 5) is 18.4. The van der Waals surface area contributed by atoms with Gasteiger partial charge in [-0.3, -0.25) is 4.98 Å². The van der Waals surface area contributed by atoms with Gasteiger partial charge in [0.25, 0.3) is 0 Å². The minimum atomic E-state index is 0.711. The van der Waals surface area contributed by atoms with Crippen molar-refractivity contribution in [2.75, 3.05) is 0 Å². The third kappa shape index (κ3) is 3.07. The highest BCUT2D eigenvalue weighted by atomic mass is 32.2. The fourth-order valence-electron chi connectivity index (χ4n) is 2.85. The predicted molar refractivity (Wildman–Crippen MR) is 108 cm³/mol. The zero-order chi connectivity index (χ0) is 18.2. The Morgan fingerprint density at radius 3 is 2.81 bits per heavy atom. The van der Waals surface area contributed by atoms with E-state index in [2.05, 4.69) is 20.4 Å². The van der Waals surface area contributed by atoms with Crippen molar-refractivity contribution in [2.45, 2.75) is 17.8 Å². The molecule has 0 fully saturated rings. The molecule has 5 aromatic rings. The van der Waals surface area contributed by atoms with Crippen molar-refractivity contribution in [1.82, 2.24) is 29.5 Å². The van der Waals surface area contributed by atoms with E-state index in [-0.39, 0.29) is 0 Å². The van der Waals surface area contributed by atoms with E-state index in [4.69, 9.17) is 9.97 Å². The lowest BCUT2D eigenvalue weighted by atomic mass is 10.2. The molecule has 0 spiro atoms. The van der Waals surface area contributed by atoms with Gasteiger partial charge in [0.2, 0.25) is 0 Å². The van der Waals surface area contributed by atoms with Gasteiger partial charge < -0.3 is 0 Å². The van der Waals surface area contributed by atoms with E-state index in [1.807, 2.05) is 53.9 Å². The molecule has 0 unspecified atom stereocenters. The molecule has 0 aliphatic heterocycles. The van der Waals surface area contributed by atoms with E-state index in [0.29, 0.717) is 5.75 Å². The average molecular weight is 390 g/mol. The number of para-hydroxylation sites is 1. The van der Waals surface area contributed by atoms with Gasteiger partial charge in [-0.25, -0.2) is 15.0 Å². The van der Waals surface area contributed by atoms with Gasteiger partial charge in [-0.1, -0.05) is 30.0 Å². The monoisotopic (exact) mass is 390 g/mol. The average Bonchev–Trinajstić information content (AvgIpc) is 3.33. The quantitative estimate of drug-likeness (QED) is 0.335. The van der Waals surface area contributed by atoms with E-state index in [1.165, 1.54) is 0 Å². The summed E-state index contributed by atoms with van der Waals surface area (Å²) in [7, 11) is 0. The van der Waals surface area contributed by atoms with Gasteiger partial charge >= 0.3 is 0 Å². The van der Waals surface area contributed by atoms with Gasteiger partial charge in [0.1, 0.15) is 10.8 Å². The first-order valence-electron chi connectivity index (χ1n) is 8.39. The first-order valence-corrected chi connectivity index (χ1v) is 10.3. The number of benzene rings is 1. The maximum absolute atomic E-state index is 4.78. The van der Waals surface area contributed by atoms with E-state index in [1.54, 1.807) is 29.3 Å². The summed E-state index contributed by atoms with van der Waals surface area (Å²) < 4.78 is 1.83. The molecule has 1 aromatic carbocycles. The van der Waals surface area contributed by atoms with Crippen molar-refractivity contribution in [2.24, 2.45) is 0 Å². The Balaban J connectivity index is 1.47. The molecular weight excluding hydrogens is 376 g/mol. The van der Waals surface area contributed by atoms with Gasteiger partial charge in [0.05, 0.1) is 16.9 Å². The molecule has 0 amide bonds. The van der Waals surface area contributed by atoms with Gasteiger partial charge in [0, 0.05) is 22.7 Å². The molecule has 6 nitrogen and oxygen atoms in total. The molecular formula is C19H14N6S2. The van der Waals surface area contributed by atoms with Crippen molar-refractivity contribution in [1.29, 1.82) is 0 Å². The molecule has 0 aliphatic rings. The largest absolute Gasteiger partial charge is 0.254 e. The number of rotatable bonds is 4. The van der Waals surface area contributed by atoms with Crippen LogP contribution in [0.25, 0.3) is 27.3 Å². The molecule has 0 aliphatic carbocycles. The molecule has 0 atom stereocenters. The standard InChI is InChI=1S/C19H14N6S2/c1-12-21-17-14-6-2-3-7-15(14)23-19(25(17)24-12)27-11-13-10-26-18(22-13)16-8-4-5-9-20-16/h2-10H,11H2,1H3. The molecule has 4 heterocycles. The first-order chi connectivity index (χ1) is 13.3. The highest BCUT2D eigenvalue weighted by molar-refractivity contribution is 7.98.